The lowest BCUT2D eigenvalue weighted by Gasteiger charge is -2.34. The van der Waals surface area contributed by atoms with Gasteiger partial charge in [0, 0.05) is 19.1 Å². The molecule has 1 saturated heterocycles. The van der Waals surface area contributed by atoms with Gasteiger partial charge in [0.25, 0.3) is 0 Å². The first-order chi connectivity index (χ1) is 10.8. The number of nitrogens with one attached hydrogen (secondary N) is 1. The van der Waals surface area contributed by atoms with Crippen molar-refractivity contribution in [3.8, 4) is 6.07 Å². The third-order valence-corrected chi connectivity index (χ3v) is 3.45. The van der Waals surface area contributed by atoms with Crippen LogP contribution in [-0.4, -0.2) is 45.9 Å². The fourth-order valence-corrected chi connectivity index (χ4v) is 2.46. The number of carbonyl (C=O) groups is 1. The highest BCUT2D eigenvalue weighted by molar-refractivity contribution is 5.68. The lowest BCUT2D eigenvalue weighted by molar-refractivity contribution is 0.0206. The van der Waals surface area contributed by atoms with Crippen LogP contribution in [-0.2, 0) is 4.74 Å². The Balaban J connectivity index is 2.02. The maximum Gasteiger partial charge on any atom is 0.410 e. The minimum absolute atomic E-state index is 0.0281. The number of anilines is 1. The van der Waals surface area contributed by atoms with E-state index in [4.69, 9.17) is 4.74 Å². The van der Waals surface area contributed by atoms with Crippen LogP contribution in [0.1, 0.15) is 44.9 Å². The van der Waals surface area contributed by atoms with Crippen molar-refractivity contribution in [2.45, 2.75) is 52.2 Å². The SMILES string of the molecule is Cc1cc(C#N)c(NC2CCCN(C(=O)OC(C)(C)C)C2)nn1. The number of amides is 1. The number of hydrogen-bond acceptors (Lipinski definition) is 6. The Morgan fingerprint density at radius 2 is 2.22 bits per heavy atom. The number of aryl methyl sites for hydroxylation is 1. The predicted octanol–water partition coefficient (Wildman–Crippen LogP) is 2.47. The smallest absolute Gasteiger partial charge is 0.410 e. The summed E-state index contributed by atoms with van der Waals surface area (Å²) < 4.78 is 5.42. The summed E-state index contributed by atoms with van der Waals surface area (Å²) in [6.45, 7) is 8.55. The number of piperidine rings is 1. The monoisotopic (exact) mass is 317 g/mol. The molecule has 124 valence electrons. The number of carbonyl (C=O) groups excluding carboxylic acids is 1. The zero-order valence-corrected chi connectivity index (χ0v) is 14.1. The summed E-state index contributed by atoms with van der Waals surface area (Å²) in [4.78, 5) is 13.9. The zero-order valence-electron chi connectivity index (χ0n) is 14.1. The molecule has 1 aliphatic heterocycles. The van der Waals surface area contributed by atoms with Gasteiger partial charge in [0.15, 0.2) is 5.82 Å². The molecule has 0 radical (unpaired) electrons. The van der Waals surface area contributed by atoms with Crippen molar-refractivity contribution in [3.63, 3.8) is 0 Å². The molecule has 1 atom stereocenters. The van der Waals surface area contributed by atoms with E-state index in [1.807, 2.05) is 20.8 Å². The van der Waals surface area contributed by atoms with E-state index in [1.165, 1.54) is 0 Å². The number of nitrogens with zero attached hydrogens (tertiary/aromatic N) is 4. The number of hydrogen-bond donors (Lipinski definition) is 1. The first-order valence-corrected chi connectivity index (χ1v) is 7.77. The molecule has 23 heavy (non-hydrogen) atoms. The second-order valence-corrected chi connectivity index (χ2v) is 6.77. The van der Waals surface area contributed by atoms with Gasteiger partial charge in [-0.25, -0.2) is 4.79 Å². The fraction of sp³-hybridized carbons (Fsp3) is 0.625. The summed E-state index contributed by atoms with van der Waals surface area (Å²) in [5.41, 5.74) is 0.659. The van der Waals surface area contributed by atoms with Crippen molar-refractivity contribution >= 4 is 11.9 Å². The Bertz CT molecular complexity index is 618. The highest BCUT2D eigenvalue weighted by atomic mass is 16.6. The van der Waals surface area contributed by atoms with Crippen LogP contribution in [0, 0.1) is 18.3 Å². The van der Waals surface area contributed by atoms with Gasteiger partial charge in [0.2, 0.25) is 0 Å². The van der Waals surface area contributed by atoms with Crippen LogP contribution in [0.3, 0.4) is 0 Å². The first-order valence-electron chi connectivity index (χ1n) is 7.77. The number of nitriles is 1. The molecule has 2 rings (SSSR count). The lowest BCUT2D eigenvalue weighted by Crippen LogP contribution is -2.47. The van der Waals surface area contributed by atoms with Crippen molar-refractivity contribution < 1.29 is 9.53 Å². The standard InChI is InChI=1S/C16H23N5O2/c1-11-8-12(9-17)14(20-19-11)18-13-6-5-7-21(10-13)15(22)23-16(2,3)4/h8,13H,5-7,10H2,1-4H3,(H,18,20). The number of rotatable bonds is 2. The molecule has 1 aromatic rings. The molecule has 2 heterocycles. The minimum Gasteiger partial charge on any atom is -0.444 e. The summed E-state index contributed by atoms with van der Waals surface area (Å²) >= 11 is 0. The van der Waals surface area contributed by atoms with E-state index in [2.05, 4.69) is 21.6 Å². The van der Waals surface area contributed by atoms with Gasteiger partial charge in [-0.15, -0.1) is 5.10 Å². The summed E-state index contributed by atoms with van der Waals surface area (Å²) in [5.74, 6) is 0.467. The van der Waals surface area contributed by atoms with Gasteiger partial charge in [-0.1, -0.05) is 0 Å². The van der Waals surface area contributed by atoms with Crippen LogP contribution in [0.4, 0.5) is 10.6 Å². The Kier molecular flexibility index (Phi) is 5.04. The molecule has 0 saturated carbocycles. The van der Waals surface area contributed by atoms with Crippen LogP contribution in [0.15, 0.2) is 6.07 Å². The number of aromatic nitrogens is 2. The number of likely N-dealkylation sites (tertiary alicyclic amines) is 1. The third-order valence-electron chi connectivity index (χ3n) is 3.45. The molecule has 7 heteroatoms. The Labute approximate surface area is 136 Å². The largest absolute Gasteiger partial charge is 0.444 e. The van der Waals surface area contributed by atoms with Gasteiger partial charge in [-0.05, 0) is 46.6 Å². The van der Waals surface area contributed by atoms with Gasteiger partial charge in [0.05, 0.1) is 11.3 Å². The summed E-state index contributed by atoms with van der Waals surface area (Å²) in [6, 6.07) is 3.85. The van der Waals surface area contributed by atoms with Crippen LogP contribution in [0.25, 0.3) is 0 Å². The Hall–Kier alpha value is -2.36. The van der Waals surface area contributed by atoms with E-state index < -0.39 is 5.60 Å². The fourth-order valence-electron chi connectivity index (χ4n) is 2.46. The van der Waals surface area contributed by atoms with Crippen molar-refractivity contribution in [2.24, 2.45) is 0 Å². The molecule has 1 aliphatic rings. The minimum atomic E-state index is -0.506. The Morgan fingerprint density at radius 1 is 1.48 bits per heavy atom. The van der Waals surface area contributed by atoms with Gasteiger partial charge in [0.1, 0.15) is 11.7 Å². The van der Waals surface area contributed by atoms with E-state index in [1.54, 1.807) is 17.9 Å². The van der Waals surface area contributed by atoms with E-state index in [0.717, 1.165) is 12.8 Å². The molecule has 0 aliphatic carbocycles. The maximum absolute atomic E-state index is 12.2. The van der Waals surface area contributed by atoms with Gasteiger partial charge in [-0.3, -0.25) is 0 Å². The molecule has 1 aromatic heterocycles. The maximum atomic E-state index is 12.2. The van der Waals surface area contributed by atoms with E-state index >= 15 is 0 Å². The molecule has 1 unspecified atom stereocenters. The van der Waals surface area contributed by atoms with Crippen LogP contribution >= 0.6 is 0 Å². The highest BCUT2D eigenvalue weighted by Crippen LogP contribution is 2.19. The van der Waals surface area contributed by atoms with Crippen molar-refractivity contribution in [2.75, 3.05) is 18.4 Å². The normalized spacial score (nSPS) is 18.2. The molecule has 1 fully saturated rings. The summed E-state index contributed by atoms with van der Waals surface area (Å²) in [7, 11) is 0. The molecule has 0 bridgehead atoms. The van der Waals surface area contributed by atoms with E-state index in [0.29, 0.717) is 30.2 Å². The predicted molar refractivity (Wildman–Crippen MR) is 85.9 cm³/mol. The van der Waals surface area contributed by atoms with Crippen LogP contribution in [0.2, 0.25) is 0 Å². The quantitative estimate of drug-likeness (QED) is 0.901. The molecule has 0 spiro atoms. The molecule has 1 N–H and O–H groups in total. The van der Waals surface area contributed by atoms with E-state index in [9.17, 15) is 10.1 Å². The average Bonchev–Trinajstić information content (AvgIpc) is 2.47. The first kappa shape index (κ1) is 17.0. The number of ether oxygens (including phenoxy) is 1. The van der Waals surface area contributed by atoms with Crippen molar-refractivity contribution in [3.05, 3.63) is 17.3 Å². The topological polar surface area (TPSA) is 91.1 Å². The molecule has 7 nitrogen and oxygen atoms in total. The summed E-state index contributed by atoms with van der Waals surface area (Å²) in [6.07, 6.45) is 1.47. The second-order valence-electron chi connectivity index (χ2n) is 6.77. The zero-order chi connectivity index (χ0) is 17.0. The van der Waals surface area contributed by atoms with Crippen molar-refractivity contribution in [1.82, 2.24) is 15.1 Å². The third kappa shape index (κ3) is 4.81. The molecule has 0 aromatic carbocycles. The van der Waals surface area contributed by atoms with Crippen molar-refractivity contribution in [1.29, 1.82) is 5.26 Å². The molecule has 1 amide bonds. The molecular formula is C16H23N5O2. The lowest BCUT2D eigenvalue weighted by atomic mass is 10.1. The van der Waals surface area contributed by atoms with E-state index in [-0.39, 0.29) is 12.1 Å². The summed E-state index contributed by atoms with van der Waals surface area (Å²) in [5, 5.41) is 20.5. The highest BCUT2D eigenvalue weighted by Gasteiger charge is 2.28. The molecular weight excluding hydrogens is 294 g/mol. The van der Waals surface area contributed by atoms with Gasteiger partial charge >= 0.3 is 6.09 Å². The van der Waals surface area contributed by atoms with Crippen LogP contribution < -0.4 is 5.32 Å². The Morgan fingerprint density at radius 3 is 2.87 bits per heavy atom. The average molecular weight is 317 g/mol. The van der Waals surface area contributed by atoms with Gasteiger partial charge in [-0.2, -0.15) is 10.4 Å². The van der Waals surface area contributed by atoms with Gasteiger partial charge < -0.3 is 15.0 Å². The van der Waals surface area contributed by atoms with Crippen LogP contribution in [0.5, 0.6) is 0 Å². The second kappa shape index (κ2) is 6.82.